The molecule has 3 amide bonds. The highest BCUT2D eigenvalue weighted by molar-refractivity contribution is 9.12. The number of likely N-dealkylation sites (tertiary alicyclic amines) is 1. The predicted octanol–water partition coefficient (Wildman–Crippen LogP) is 3.41. The lowest BCUT2D eigenvalue weighted by Gasteiger charge is -2.28. The Balaban J connectivity index is 1.37. The fraction of sp³-hybridized carbons (Fsp3) is 0.524. The molecule has 1 aromatic rings. The van der Waals surface area contributed by atoms with Gasteiger partial charge < -0.3 is 10.1 Å². The summed E-state index contributed by atoms with van der Waals surface area (Å²) in [7, 11) is 0. The van der Waals surface area contributed by atoms with Crippen LogP contribution in [0.1, 0.15) is 18.9 Å². The number of rotatable bonds is 5. The maximum atomic E-state index is 13.0. The first-order valence-corrected chi connectivity index (χ1v) is 12.6. The van der Waals surface area contributed by atoms with Crippen molar-refractivity contribution in [2.24, 2.45) is 23.7 Å². The fourth-order valence-corrected chi connectivity index (χ4v) is 7.42. The van der Waals surface area contributed by atoms with E-state index in [1.165, 1.54) is 6.92 Å². The van der Waals surface area contributed by atoms with Crippen molar-refractivity contribution >= 4 is 77.2 Å². The van der Waals surface area contributed by atoms with Gasteiger partial charge in [-0.25, -0.2) is 4.79 Å². The summed E-state index contributed by atoms with van der Waals surface area (Å²) in [6.45, 7) is 2.81. The first-order chi connectivity index (χ1) is 14.6. The highest BCUT2D eigenvalue weighted by Crippen LogP contribution is 2.60. The van der Waals surface area contributed by atoms with E-state index in [4.69, 9.17) is 4.74 Å². The van der Waals surface area contributed by atoms with Gasteiger partial charge in [0, 0.05) is 19.8 Å². The topological polar surface area (TPSA) is 92.8 Å². The molecule has 2 aliphatic carbocycles. The molecule has 1 N–H and O–H groups in total. The zero-order chi connectivity index (χ0) is 22.6. The Bertz CT molecular complexity index is 938. The van der Waals surface area contributed by atoms with Gasteiger partial charge in [0.25, 0.3) is 5.91 Å². The molecule has 31 heavy (non-hydrogen) atoms. The van der Waals surface area contributed by atoms with Crippen LogP contribution in [0, 0.1) is 30.6 Å². The summed E-state index contributed by atoms with van der Waals surface area (Å²) in [5, 5.41) is 2.69. The number of ether oxygens (including phenoxy) is 1. The second-order valence-corrected chi connectivity index (χ2v) is 11.4. The molecular weight excluding hydrogens is 600 g/mol. The second-order valence-electron chi connectivity index (χ2n) is 8.34. The molecule has 2 bridgehead atoms. The average molecular weight is 621 g/mol. The number of carbonyl (C=O) groups is 4. The number of anilines is 1. The number of fused-ring (bicyclic) bond motifs is 5. The van der Waals surface area contributed by atoms with Gasteiger partial charge in [0.15, 0.2) is 6.61 Å². The monoisotopic (exact) mass is 618 g/mol. The van der Waals surface area contributed by atoms with Crippen molar-refractivity contribution in [2.75, 3.05) is 11.9 Å². The van der Waals surface area contributed by atoms with E-state index in [1.807, 2.05) is 13.0 Å². The summed E-state index contributed by atoms with van der Waals surface area (Å²) in [6, 6.07) is 4.31. The maximum absolute atomic E-state index is 13.0. The molecule has 1 aromatic carbocycles. The Labute approximate surface area is 205 Å². The van der Waals surface area contributed by atoms with Crippen LogP contribution in [0.4, 0.5) is 5.69 Å². The lowest BCUT2D eigenvalue weighted by Crippen LogP contribution is -2.45. The van der Waals surface area contributed by atoms with E-state index in [1.54, 1.807) is 12.1 Å². The molecule has 3 aliphatic rings. The molecule has 166 valence electrons. The molecule has 10 heteroatoms. The van der Waals surface area contributed by atoms with Crippen molar-refractivity contribution in [3.63, 3.8) is 0 Å². The summed E-state index contributed by atoms with van der Waals surface area (Å²) >= 11 is 10.6. The quantitative estimate of drug-likeness (QED) is 0.310. The number of nitrogens with zero attached hydrogens (tertiary/aromatic N) is 1. The zero-order valence-corrected chi connectivity index (χ0v) is 21.6. The SMILES string of the molecule is Cc1cc(Br)ccc1NC(=O)COC(=O)[C@H](C)N1C(=O)[C@@H]2[C@H]3C[C@@H]([C@H](Br)[C@@H]3Br)[C@@H]2C1=O. The van der Waals surface area contributed by atoms with Crippen molar-refractivity contribution in [1.82, 2.24) is 4.90 Å². The summed E-state index contributed by atoms with van der Waals surface area (Å²) in [4.78, 5) is 52.1. The van der Waals surface area contributed by atoms with Crippen LogP contribution in [0.5, 0.6) is 0 Å². The van der Waals surface area contributed by atoms with Crippen LogP contribution in [0.3, 0.4) is 0 Å². The van der Waals surface area contributed by atoms with Crippen LogP contribution >= 0.6 is 47.8 Å². The summed E-state index contributed by atoms with van der Waals surface area (Å²) in [6.07, 6.45) is 0.820. The minimum atomic E-state index is -1.07. The van der Waals surface area contributed by atoms with Crippen molar-refractivity contribution in [2.45, 2.75) is 36.0 Å². The third-order valence-corrected chi connectivity index (χ3v) is 10.3. The Morgan fingerprint density at radius 3 is 2.29 bits per heavy atom. The summed E-state index contributed by atoms with van der Waals surface area (Å²) < 4.78 is 6.01. The molecule has 1 heterocycles. The van der Waals surface area contributed by atoms with Gasteiger partial charge in [0.2, 0.25) is 11.8 Å². The number of benzene rings is 1. The van der Waals surface area contributed by atoms with Gasteiger partial charge >= 0.3 is 5.97 Å². The van der Waals surface area contributed by atoms with Crippen molar-refractivity contribution in [3.8, 4) is 0 Å². The smallest absolute Gasteiger partial charge is 0.329 e. The van der Waals surface area contributed by atoms with Crippen molar-refractivity contribution in [1.29, 1.82) is 0 Å². The van der Waals surface area contributed by atoms with E-state index in [-0.39, 0.29) is 33.3 Å². The van der Waals surface area contributed by atoms with Gasteiger partial charge in [0.05, 0.1) is 11.8 Å². The van der Waals surface area contributed by atoms with E-state index in [2.05, 4.69) is 53.1 Å². The van der Waals surface area contributed by atoms with Gasteiger partial charge in [0.1, 0.15) is 6.04 Å². The molecule has 1 saturated heterocycles. The van der Waals surface area contributed by atoms with E-state index in [9.17, 15) is 19.2 Å². The molecule has 3 fully saturated rings. The molecule has 2 saturated carbocycles. The fourth-order valence-electron chi connectivity index (χ4n) is 5.07. The van der Waals surface area contributed by atoms with Gasteiger partial charge in [-0.3, -0.25) is 19.3 Å². The maximum Gasteiger partial charge on any atom is 0.329 e. The van der Waals surface area contributed by atoms with Crippen LogP contribution in [-0.4, -0.2) is 50.9 Å². The van der Waals surface area contributed by atoms with Crippen LogP contribution < -0.4 is 5.32 Å². The molecule has 0 unspecified atom stereocenters. The first kappa shape index (κ1) is 22.9. The van der Waals surface area contributed by atoms with Gasteiger partial charge in [-0.15, -0.1) is 0 Å². The van der Waals surface area contributed by atoms with E-state index in [0.717, 1.165) is 21.4 Å². The number of hydrogen-bond donors (Lipinski definition) is 1. The Kier molecular flexibility index (Phi) is 6.35. The number of nitrogens with one attached hydrogen (secondary N) is 1. The standard InChI is InChI=1S/C21H21Br3N2O5/c1-8-5-10(22)3-4-13(8)25-14(27)7-31-21(30)9(2)26-19(28)15-11-6-12(16(15)20(26)29)18(24)17(11)23/h3-5,9,11-12,15-18H,6-7H2,1-2H3,(H,25,27)/t9-,11+,12+,15-,16+,17-,18+/m0/s1. The molecule has 0 radical (unpaired) electrons. The molecule has 1 aliphatic heterocycles. The lowest BCUT2D eigenvalue weighted by atomic mass is 9.81. The predicted molar refractivity (Wildman–Crippen MR) is 124 cm³/mol. The largest absolute Gasteiger partial charge is 0.454 e. The Morgan fingerprint density at radius 1 is 1.16 bits per heavy atom. The molecular formula is C21H21Br3N2O5. The number of hydrogen-bond acceptors (Lipinski definition) is 5. The van der Waals surface area contributed by atoms with Crippen LogP contribution in [0.2, 0.25) is 0 Å². The summed E-state index contributed by atoms with van der Waals surface area (Å²) in [5.41, 5.74) is 1.46. The minimum absolute atomic E-state index is 0.0731. The van der Waals surface area contributed by atoms with E-state index >= 15 is 0 Å². The molecule has 0 spiro atoms. The lowest BCUT2D eigenvalue weighted by molar-refractivity contribution is -0.159. The third-order valence-electron chi connectivity index (χ3n) is 6.56. The number of amides is 3. The molecule has 7 nitrogen and oxygen atoms in total. The Hall–Kier alpha value is -1.26. The van der Waals surface area contributed by atoms with Crippen molar-refractivity contribution in [3.05, 3.63) is 28.2 Å². The number of aryl methyl sites for hydroxylation is 1. The van der Waals surface area contributed by atoms with Crippen LogP contribution in [0.25, 0.3) is 0 Å². The molecule has 4 rings (SSSR count). The highest BCUT2D eigenvalue weighted by atomic mass is 79.9. The highest BCUT2D eigenvalue weighted by Gasteiger charge is 2.67. The first-order valence-electron chi connectivity index (χ1n) is 9.99. The third kappa shape index (κ3) is 3.88. The molecule has 0 aromatic heterocycles. The van der Waals surface area contributed by atoms with Crippen molar-refractivity contribution < 1.29 is 23.9 Å². The number of imide groups is 1. The molecule has 7 atom stereocenters. The van der Waals surface area contributed by atoms with Crippen LogP contribution in [-0.2, 0) is 23.9 Å². The number of carbonyl (C=O) groups excluding carboxylic acids is 4. The Morgan fingerprint density at radius 2 is 1.74 bits per heavy atom. The second kappa shape index (κ2) is 8.59. The number of alkyl halides is 2. The zero-order valence-electron chi connectivity index (χ0n) is 16.8. The normalized spacial score (nSPS) is 32.2. The number of esters is 1. The van der Waals surface area contributed by atoms with E-state index < -0.39 is 36.4 Å². The number of halogens is 3. The van der Waals surface area contributed by atoms with E-state index in [0.29, 0.717) is 5.69 Å². The van der Waals surface area contributed by atoms with Crippen LogP contribution in [0.15, 0.2) is 22.7 Å². The van der Waals surface area contributed by atoms with Gasteiger partial charge in [-0.05, 0) is 55.9 Å². The summed E-state index contributed by atoms with van der Waals surface area (Å²) in [5.74, 6) is -2.54. The van der Waals surface area contributed by atoms with Gasteiger partial charge in [-0.1, -0.05) is 47.8 Å². The average Bonchev–Trinajstić information content (AvgIpc) is 3.32. The minimum Gasteiger partial charge on any atom is -0.454 e. The van der Waals surface area contributed by atoms with Gasteiger partial charge in [-0.2, -0.15) is 0 Å².